The molecule has 0 amide bonds. The van der Waals surface area contributed by atoms with Gasteiger partial charge in [0.15, 0.2) is 0 Å². The van der Waals surface area contributed by atoms with E-state index in [1.165, 1.54) is 67.1 Å². The van der Waals surface area contributed by atoms with Gasteiger partial charge < -0.3 is 4.90 Å². The molecular formula is C22H28ClNS. The lowest BCUT2D eigenvalue weighted by Crippen LogP contribution is -2.30. The van der Waals surface area contributed by atoms with Crippen molar-refractivity contribution in [2.75, 3.05) is 19.6 Å². The molecule has 2 aliphatic rings. The SMILES string of the molecule is Cc1ccc2c(c1)C(CCCN1CCCCC1)c1ccccc1S2.Cl. The first-order chi connectivity index (χ1) is 11.8. The molecule has 1 atom stereocenters. The quantitative estimate of drug-likeness (QED) is 0.620. The van der Waals surface area contributed by atoms with Gasteiger partial charge in [0.05, 0.1) is 0 Å². The molecule has 1 unspecified atom stereocenters. The average molecular weight is 374 g/mol. The van der Waals surface area contributed by atoms with Gasteiger partial charge in [0.1, 0.15) is 0 Å². The van der Waals surface area contributed by atoms with E-state index in [0.29, 0.717) is 5.92 Å². The second kappa shape index (κ2) is 8.62. The second-order valence-corrected chi connectivity index (χ2v) is 8.36. The van der Waals surface area contributed by atoms with Crippen LogP contribution in [0.5, 0.6) is 0 Å². The third kappa shape index (κ3) is 4.24. The van der Waals surface area contributed by atoms with E-state index in [0.717, 1.165) is 0 Å². The number of fused-ring (bicyclic) bond motifs is 2. The molecule has 0 N–H and O–H groups in total. The smallest absolute Gasteiger partial charge is 0.0160 e. The molecule has 0 aromatic heterocycles. The van der Waals surface area contributed by atoms with Crippen molar-refractivity contribution >= 4 is 24.2 Å². The minimum atomic E-state index is 0. The molecule has 134 valence electrons. The molecule has 4 rings (SSSR count). The van der Waals surface area contributed by atoms with Crippen LogP contribution in [-0.4, -0.2) is 24.5 Å². The molecule has 0 bridgehead atoms. The predicted molar refractivity (Wildman–Crippen MR) is 110 cm³/mol. The number of nitrogens with zero attached hydrogens (tertiary/aromatic N) is 1. The van der Waals surface area contributed by atoms with Crippen molar-refractivity contribution in [1.29, 1.82) is 0 Å². The van der Waals surface area contributed by atoms with Crippen LogP contribution < -0.4 is 0 Å². The summed E-state index contributed by atoms with van der Waals surface area (Å²) in [6.07, 6.45) is 6.79. The number of halogens is 1. The number of rotatable bonds is 4. The Morgan fingerprint density at radius 3 is 2.56 bits per heavy atom. The summed E-state index contributed by atoms with van der Waals surface area (Å²) in [5.74, 6) is 0.571. The molecule has 0 saturated carbocycles. The maximum atomic E-state index is 2.67. The van der Waals surface area contributed by atoms with E-state index in [1.54, 1.807) is 11.1 Å². The van der Waals surface area contributed by atoms with Gasteiger partial charge in [0, 0.05) is 15.7 Å². The van der Waals surface area contributed by atoms with E-state index in [9.17, 15) is 0 Å². The molecule has 3 heteroatoms. The summed E-state index contributed by atoms with van der Waals surface area (Å²) >= 11 is 1.95. The van der Waals surface area contributed by atoms with Gasteiger partial charge in [0.25, 0.3) is 0 Å². The molecule has 1 fully saturated rings. The van der Waals surface area contributed by atoms with Gasteiger partial charge in [-0.25, -0.2) is 0 Å². The van der Waals surface area contributed by atoms with Crippen molar-refractivity contribution in [1.82, 2.24) is 4.90 Å². The zero-order valence-corrected chi connectivity index (χ0v) is 16.7. The molecule has 1 nitrogen and oxygen atoms in total. The van der Waals surface area contributed by atoms with E-state index in [2.05, 4.69) is 54.3 Å². The standard InChI is InChI=1S/C22H27NS.ClH/c1-17-11-12-22-20(16-17)18(19-8-3-4-10-21(19)24-22)9-7-15-23-13-5-2-6-14-23;/h3-4,8,10-12,16,18H,2,5-7,9,13-15H2,1H3;1H. The Labute approximate surface area is 162 Å². The summed E-state index contributed by atoms with van der Waals surface area (Å²) in [5.41, 5.74) is 4.48. The summed E-state index contributed by atoms with van der Waals surface area (Å²) < 4.78 is 0. The highest BCUT2D eigenvalue weighted by molar-refractivity contribution is 7.99. The average Bonchev–Trinajstić information content (AvgIpc) is 2.62. The van der Waals surface area contributed by atoms with Crippen LogP contribution in [0.4, 0.5) is 0 Å². The third-order valence-electron chi connectivity index (χ3n) is 5.47. The van der Waals surface area contributed by atoms with Crippen molar-refractivity contribution in [3.63, 3.8) is 0 Å². The fourth-order valence-electron chi connectivity index (χ4n) is 4.19. The van der Waals surface area contributed by atoms with Crippen molar-refractivity contribution in [3.8, 4) is 0 Å². The van der Waals surface area contributed by atoms with Crippen molar-refractivity contribution in [3.05, 3.63) is 59.2 Å². The number of piperidine rings is 1. The third-order valence-corrected chi connectivity index (χ3v) is 6.65. The molecule has 2 aliphatic heterocycles. The van der Waals surface area contributed by atoms with Crippen LogP contribution in [0.3, 0.4) is 0 Å². The highest BCUT2D eigenvalue weighted by Crippen LogP contribution is 2.47. The van der Waals surface area contributed by atoms with Crippen LogP contribution in [-0.2, 0) is 0 Å². The van der Waals surface area contributed by atoms with Gasteiger partial charge in [-0.2, -0.15) is 0 Å². The number of hydrogen-bond donors (Lipinski definition) is 0. The van der Waals surface area contributed by atoms with E-state index in [4.69, 9.17) is 0 Å². The second-order valence-electron chi connectivity index (χ2n) is 7.28. The first kappa shape index (κ1) is 18.8. The summed E-state index contributed by atoms with van der Waals surface area (Å²) in [6, 6.07) is 16.0. The highest BCUT2D eigenvalue weighted by atomic mass is 35.5. The van der Waals surface area contributed by atoms with Gasteiger partial charge in [-0.3, -0.25) is 0 Å². The Hall–Kier alpha value is -0.960. The van der Waals surface area contributed by atoms with Crippen LogP contribution in [0.25, 0.3) is 0 Å². The van der Waals surface area contributed by atoms with Crippen molar-refractivity contribution < 1.29 is 0 Å². The van der Waals surface area contributed by atoms with Crippen LogP contribution in [0.15, 0.2) is 52.3 Å². The summed E-state index contributed by atoms with van der Waals surface area (Å²) in [7, 11) is 0. The van der Waals surface area contributed by atoms with Crippen molar-refractivity contribution in [2.45, 2.75) is 54.7 Å². The number of benzene rings is 2. The molecular weight excluding hydrogens is 346 g/mol. The van der Waals surface area contributed by atoms with Gasteiger partial charge in [-0.15, -0.1) is 12.4 Å². The van der Waals surface area contributed by atoms with Crippen LogP contribution >= 0.6 is 24.2 Å². The molecule has 2 heterocycles. The monoisotopic (exact) mass is 373 g/mol. The summed E-state index contributed by atoms with van der Waals surface area (Å²) in [5, 5.41) is 0. The fraction of sp³-hybridized carbons (Fsp3) is 0.455. The molecule has 2 aromatic rings. The molecule has 2 aromatic carbocycles. The topological polar surface area (TPSA) is 3.24 Å². The Morgan fingerprint density at radius 2 is 1.72 bits per heavy atom. The normalized spacial score (nSPS) is 19.6. The van der Waals surface area contributed by atoms with Gasteiger partial charge in [-0.05, 0) is 75.5 Å². The first-order valence-corrected chi connectivity index (χ1v) is 10.2. The fourth-order valence-corrected chi connectivity index (χ4v) is 5.36. The van der Waals surface area contributed by atoms with E-state index in [-0.39, 0.29) is 12.4 Å². The number of aryl methyl sites for hydroxylation is 1. The molecule has 25 heavy (non-hydrogen) atoms. The van der Waals surface area contributed by atoms with E-state index in [1.807, 2.05) is 11.8 Å². The van der Waals surface area contributed by atoms with Gasteiger partial charge >= 0.3 is 0 Å². The first-order valence-electron chi connectivity index (χ1n) is 9.41. The van der Waals surface area contributed by atoms with Crippen molar-refractivity contribution in [2.24, 2.45) is 0 Å². The maximum Gasteiger partial charge on any atom is 0.0160 e. The minimum Gasteiger partial charge on any atom is -0.303 e. The Balaban J connectivity index is 0.00000182. The zero-order chi connectivity index (χ0) is 16.4. The molecule has 0 aliphatic carbocycles. The van der Waals surface area contributed by atoms with Gasteiger partial charge in [0.2, 0.25) is 0 Å². The lowest BCUT2D eigenvalue weighted by molar-refractivity contribution is 0.223. The predicted octanol–water partition coefficient (Wildman–Crippen LogP) is 6.28. The minimum absolute atomic E-state index is 0. The van der Waals surface area contributed by atoms with Gasteiger partial charge in [-0.1, -0.05) is 54.1 Å². The number of hydrogen-bond acceptors (Lipinski definition) is 2. The van der Waals surface area contributed by atoms with E-state index >= 15 is 0 Å². The lowest BCUT2D eigenvalue weighted by Gasteiger charge is -2.30. The molecule has 0 radical (unpaired) electrons. The van der Waals surface area contributed by atoms with Crippen LogP contribution in [0.2, 0.25) is 0 Å². The highest BCUT2D eigenvalue weighted by Gasteiger charge is 2.26. The Bertz CT molecular complexity index is 709. The summed E-state index contributed by atoms with van der Waals surface area (Å²) in [6.45, 7) is 6.11. The Morgan fingerprint density at radius 1 is 0.960 bits per heavy atom. The van der Waals surface area contributed by atoms with Crippen LogP contribution in [0, 0.1) is 6.92 Å². The largest absolute Gasteiger partial charge is 0.303 e. The van der Waals surface area contributed by atoms with E-state index < -0.39 is 0 Å². The maximum absolute atomic E-state index is 2.67. The zero-order valence-electron chi connectivity index (χ0n) is 15.0. The number of likely N-dealkylation sites (tertiary alicyclic amines) is 1. The lowest BCUT2D eigenvalue weighted by atomic mass is 9.86. The Kier molecular flexibility index (Phi) is 6.49. The summed E-state index contributed by atoms with van der Waals surface area (Å²) in [4.78, 5) is 5.59. The molecule has 1 saturated heterocycles. The molecule has 0 spiro atoms. The van der Waals surface area contributed by atoms with Crippen LogP contribution in [0.1, 0.15) is 54.7 Å².